The van der Waals surface area contributed by atoms with Gasteiger partial charge in [-0.15, -0.1) is 0 Å². The highest BCUT2D eigenvalue weighted by Gasteiger charge is 2.59. The minimum absolute atomic E-state index is 0.00848. The Morgan fingerprint density at radius 1 is 0.750 bits per heavy atom. The van der Waals surface area contributed by atoms with E-state index in [1.54, 1.807) is 5.57 Å². The molecule has 0 radical (unpaired) electrons. The van der Waals surface area contributed by atoms with Crippen molar-refractivity contribution in [3.63, 3.8) is 0 Å². The summed E-state index contributed by atoms with van der Waals surface area (Å²) in [6.45, 7) is 15.4. The number of allylic oxidation sites excluding steroid dienone is 1. The van der Waals surface area contributed by atoms with Crippen LogP contribution >= 0.6 is 0 Å². The maximum Gasteiger partial charge on any atom is 0.508 e. The van der Waals surface area contributed by atoms with Crippen LogP contribution in [0.3, 0.4) is 0 Å². The van der Waals surface area contributed by atoms with Crippen LogP contribution in [0.15, 0.2) is 11.6 Å². The number of ether oxygens (including phenoxy) is 2. The van der Waals surface area contributed by atoms with Crippen molar-refractivity contribution in [2.24, 2.45) is 46.3 Å². The van der Waals surface area contributed by atoms with Crippen LogP contribution in [0.25, 0.3) is 0 Å². The number of carbonyl (C=O) groups is 1. The molecular formula is C45H80O3. The third-order valence-corrected chi connectivity index (χ3v) is 14.5. The van der Waals surface area contributed by atoms with Gasteiger partial charge in [-0.25, -0.2) is 4.79 Å². The van der Waals surface area contributed by atoms with Crippen LogP contribution in [-0.4, -0.2) is 18.9 Å². The van der Waals surface area contributed by atoms with E-state index in [0.717, 1.165) is 67.6 Å². The van der Waals surface area contributed by atoms with Crippen molar-refractivity contribution in [3.8, 4) is 0 Å². The number of hydrogen-bond acceptors (Lipinski definition) is 3. The minimum atomic E-state index is -0.434. The predicted molar refractivity (Wildman–Crippen MR) is 204 cm³/mol. The molecule has 0 saturated heterocycles. The summed E-state index contributed by atoms with van der Waals surface area (Å²) >= 11 is 0. The second-order valence-corrected chi connectivity index (χ2v) is 18.3. The molecule has 278 valence electrons. The molecule has 48 heavy (non-hydrogen) atoms. The van der Waals surface area contributed by atoms with Crippen molar-refractivity contribution >= 4 is 6.16 Å². The maximum atomic E-state index is 12.6. The lowest BCUT2D eigenvalue weighted by molar-refractivity contribution is -0.0617. The fourth-order valence-corrected chi connectivity index (χ4v) is 11.6. The predicted octanol–water partition coefficient (Wildman–Crippen LogP) is 14.4. The van der Waals surface area contributed by atoms with Crippen LogP contribution in [0.5, 0.6) is 0 Å². The van der Waals surface area contributed by atoms with Crippen LogP contribution in [0.4, 0.5) is 4.79 Å². The highest BCUT2D eigenvalue weighted by molar-refractivity contribution is 5.60. The summed E-state index contributed by atoms with van der Waals surface area (Å²) < 4.78 is 11.5. The second-order valence-electron chi connectivity index (χ2n) is 18.3. The summed E-state index contributed by atoms with van der Waals surface area (Å²) in [5, 5.41) is 0. The van der Waals surface area contributed by atoms with Crippen LogP contribution in [0.1, 0.15) is 208 Å². The molecule has 0 aromatic rings. The molecule has 3 nitrogen and oxygen atoms in total. The van der Waals surface area contributed by atoms with Gasteiger partial charge in [-0.1, -0.05) is 162 Å². The van der Waals surface area contributed by atoms with E-state index < -0.39 is 6.16 Å². The van der Waals surface area contributed by atoms with Gasteiger partial charge in [0.2, 0.25) is 0 Å². The molecule has 0 heterocycles. The van der Waals surface area contributed by atoms with Gasteiger partial charge >= 0.3 is 6.16 Å². The molecule has 4 aliphatic carbocycles. The molecule has 0 bridgehead atoms. The molecule has 0 unspecified atom stereocenters. The molecule has 4 aliphatic rings. The van der Waals surface area contributed by atoms with Crippen LogP contribution in [0.2, 0.25) is 0 Å². The topological polar surface area (TPSA) is 35.5 Å². The Morgan fingerprint density at radius 2 is 1.38 bits per heavy atom. The zero-order valence-corrected chi connectivity index (χ0v) is 32.9. The van der Waals surface area contributed by atoms with E-state index in [2.05, 4.69) is 47.6 Å². The van der Waals surface area contributed by atoms with E-state index in [4.69, 9.17) is 9.47 Å². The van der Waals surface area contributed by atoms with Crippen LogP contribution in [-0.2, 0) is 9.47 Å². The van der Waals surface area contributed by atoms with E-state index in [1.165, 1.54) is 135 Å². The lowest BCUT2D eigenvalue weighted by Gasteiger charge is -2.58. The van der Waals surface area contributed by atoms with E-state index in [9.17, 15) is 4.79 Å². The number of hydrogen-bond donors (Lipinski definition) is 0. The Morgan fingerprint density at radius 3 is 2.00 bits per heavy atom. The molecule has 8 atom stereocenters. The van der Waals surface area contributed by atoms with Crippen molar-refractivity contribution in [2.45, 2.75) is 215 Å². The van der Waals surface area contributed by atoms with Gasteiger partial charge in [0.05, 0.1) is 6.61 Å². The van der Waals surface area contributed by atoms with Gasteiger partial charge in [-0.2, -0.15) is 0 Å². The van der Waals surface area contributed by atoms with Crippen LogP contribution < -0.4 is 0 Å². The normalized spacial score (nSPS) is 31.9. The monoisotopic (exact) mass is 669 g/mol. The second kappa shape index (κ2) is 20.2. The first-order valence-electron chi connectivity index (χ1n) is 21.7. The van der Waals surface area contributed by atoms with E-state index in [0.29, 0.717) is 17.4 Å². The lowest BCUT2D eigenvalue weighted by atomic mass is 9.47. The highest BCUT2D eigenvalue weighted by atomic mass is 16.7. The third kappa shape index (κ3) is 11.0. The van der Waals surface area contributed by atoms with E-state index in [-0.39, 0.29) is 6.10 Å². The molecule has 3 saturated carbocycles. The molecule has 0 aromatic carbocycles. The quantitative estimate of drug-likeness (QED) is 0.0654. The molecule has 0 aliphatic heterocycles. The van der Waals surface area contributed by atoms with Gasteiger partial charge in [0.1, 0.15) is 6.10 Å². The van der Waals surface area contributed by atoms with Gasteiger partial charge < -0.3 is 9.47 Å². The Bertz CT molecular complexity index is 954. The summed E-state index contributed by atoms with van der Waals surface area (Å²) in [7, 11) is 0. The number of unbranched alkanes of at least 4 members (excludes halogenated alkanes) is 14. The van der Waals surface area contributed by atoms with Gasteiger partial charge in [0, 0.05) is 6.42 Å². The average molecular weight is 669 g/mol. The smallest absolute Gasteiger partial charge is 0.434 e. The third-order valence-electron chi connectivity index (χ3n) is 14.5. The molecule has 3 heteroatoms. The largest absolute Gasteiger partial charge is 0.508 e. The van der Waals surface area contributed by atoms with Gasteiger partial charge in [0.25, 0.3) is 0 Å². The first-order chi connectivity index (χ1) is 23.2. The minimum Gasteiger partial charge on any atom is -0.434 e. The van der Waals surface area contributed by atoms with E-state index >= 15 is 0 Å². The standard InChI is InChI=1S/C45H80O3/c1-7-8-9-10-11-12-13-14-15-16-17-18-19-20-21-33-47-43(46)48-38-29-31-44(5)37(34-38)25-26-39-41-28-27-40(36(4)24-22-23-35(2)3)45(41,6)32-30-42(39)44/h25,35-36,38-42H,7-24,26-34H2,1-6H3/t36-,38-,39+,40-,41+,42+,44+,45-/m1/s1. The summed E-state index contributed by atoms with van der Waals surface area (Å²) in [5.41, 5.74) is 2.43. The van der Waals surface area contributed by atoms with E-state index in [1.807, 2.05) is 0 Å². The van der Waals surface area contributed by atoms with Crippen molar-refractivity contribution < 1.29 is 14.3 Å². The van der Waals surface area contributed by atoms with Crippen molar-refractivity contribution in [3.05, 3.63) is 11.6 Å². The first-order valence-corrected chi connectivity index (χ1v) is 21.7. The van der Waals surface area contributed by atoms with Crippen molar-refractivity contribution in [1.82, 2.24) is 0 Å². The van der Waals surface area contributed by atoms with Gasteiger partial charge in [0.15, 0.2) is 0 Å². The average Bonchev–Trinajstić information content (AvgIpc) is 3.42. The molecule has 0 N–H and O–H groups in total. The van der Waals surface area contributed by atoms with Crippen molar-refractivity contribution in [1.29, 1.82) is 0 Å². The van der Waals surface area contributed by atoms with Crippen LogP contribution in [0, 0.1) is 46.3 Å². The zero-order valence-electron chi connectivity index (χ0n) is 32.9. The summed E-state index contributed by atoms with van der Waals surface area (Å²) in [6, 6.07) is 0. The molecule has 0 amide bonds. The molecule has 0 spiro atoms. The first kappa shape index (κ1) is 39.8. The molecular weight excluding hydrogens is 588 g/mol. The molecule has 4 rings (SSSR count). The summed E-state index contributed by atoms with van der Waals surface area (Å²) in [5.74, 6) is 5.17. The number of fused-ring (bicyclic) bond motifs is 5. The number of carbonyl (C=O) groups excluding carboxylic acids is 1. The SMILES string of the molecule is CCCCCCCCCCCCCCCCCOC(=O)O[C@@H]1CC[C@@]2(C)C(=CC[C@H]3[C@@H]4CC[C@H]([C@H](C)CCCC(C)C)[C@@]4(C)CC[C@@H]32)C1. The molecule has 0 aromatic heterocycles. The Hall–Kier alpha value is -0.990. The highest BCUT2D eigenvalue weighted by Crippen LogP contribution is 2.67. The lowest BCUT2D eigenvalue weighted by Crippen LogP contribution is -2.51. The molecule has 3 fully saturated rings. The Kier molecular flexibility index (Phi) is 16.7. The Labute approximate surface area is 298 Å². The Balaban J connectivity index is 1.08. The van der Waals surface area contributed by atoms with Gasteiger partial charge in [-0.3, -0.25) is 0 Å². The van der Waals surface area contributed by atoms with Gasteiger partial charge in [-0.05, 0) is 97.7 Å². The zero-order chi connectivity index (χ0) is 34.4. The fourth-order valence-electron chi connectivity index (χ4n) is 11.6. The summed E-state index contributed by atoms with van der Waals surface area (Å²) in [4.78, 5) is 12.6. The van der Waals surface area contributed by atoms with Crippen molar-refractivity contribution in [2.75, 3.05) is 6.61 Å². The number of rotatable bonds is 22. The fraction of sp³-hybridized carbons (Fsp3) is 0.933. The summed E-state index contributed by atoms with van der Waals surface area (Å²) in [6.07, 6.45) is 36.6. The maximum absolute atomic E-state index is 12.6.